The smallest absolute Gasteiger partial charge is 0.425 e. The SMILES string of the molecule is CC(C)(C)OC(=O)NC1CCN(Cc2cc3c(Br)cnc(N(C(=O)O)C(=O)OC(C)(C)C)c3cc2Cl)CC1. The summed E-state index contributed by atoms with van der Waals surface area (Å²) in [6, 6.07) is 3.52. The Labute approximate surface area is 235 Å². The molecule has 1 fully saturated rings. The van der Waals surface area contributed by atoms with E-state index in [4.69, 9.17) is 21.1 Å². The molecule has 1 aliphatic heterocycles. The first-order valence-corrected chi connectivity index (χ1v) is 13.5. The second-order valence-electron chi connectivity index (χ2n) is 11.2. The second-order valence-corrected chi connectivity index (χ2v) is 12.5. The molecule has 10 nitrogen and oxygen atoms in total. The van der Waals surface area contributed by atoms with E-state index in [-0.39, 0.29) is 11.9 Å². The Hall–Kier alpha value is -2.63. The van der Waals surface area contributed by atoms with E-state index in [1.807, 2.05) is 26.8 Å². The molecule has 3 amide bonds. The lowest BCUT2D eigenvalue weighted by atomic mass is 10.0. The molecule has 0 bridgehead atoms. The summed E-state index contributed by atoms with van der Waals surface area (Å²) in [4.78, 5) is 43.7. The number of hydrogen-bond donors (Lipinski definition) is 2. The molecular formula is C26H34BrClN4O6. The van der Waals surface area contributed by atoms with Gasteiger partial charge in [-0.2, -0.15) is 4.90 Å². The lowest BCUT2D eigenvalue weighted by molar-refractivity contribution is 0.0476. The van der Waals surface area contributed by atoms with E-state index in [0.717, 1.165) is 31.5 Å². The minimum Gasteiger partial charge on any atom is -0.464 e. The van der Waals surface area contributed by atoms with Gasteiger partial charge in [-0.15, -0.1) is 0 Å². The normalized spacial score (nSPS) is 15.3. The summed E-state index contributed by atoms with van der Waals surface area (Å²) in [6.45, 7) is 12.5. The molecule has 0 radical (unpaired) electrons. The van der Waals surface area contributed by atoms with E-state index in [1.165, 1.54) is 6.20 Å². The first-order valence-electron chi connectivity index (χ1n) is 12.3. The maximum Gasteiger partial charge on any atom is 0.425 e. The zero-order chi connectivity index (χ0) is 28.4. The van der Waals surface area contributed by atoms with Crippen molar-refractivity contribution in [3.8, 4) is 0 Å². The van der Waals surface area contributed by atoms with Crippen LogP contribution in [0, 0.1) is 0 Å². The fraction of sp³-hybridized carbons (Fsp3) is 0.538. The molecule has 0 aliphatic carbocycles. The lowest BCUT2D eigenvalue weighted by Crippen LogP contribution is -2.45. The Morgan fingerprint density at radius 3 is 2.26 bits per heavy atom. The molecule has 208 valence electrons. The molecule has 1 aromatic heterocycles. The van der Waals surface area contributed by atoms with Crippen LogP contribution in [0.4, 0.5) is 20.2 Å². The number of anilines is 1. The summed E-state index contributed by atoms with van der Waals surface area (Å²) in [5.74, 6) is -0.0903. The fourth-order valence-electron chi connectivity index (χ4n) is 4.07. The number of rotatable bonds is 4. The molecule has 0 saturated carbocycles. The van der Waals surface area contributed by atoms with Crippen LogP contribution >= 0.6 is 27.5 Å². The number of nitrogens with zero attached hydrogens (tertiary/aromatic N) is 3. The summed E-state index contributed by atoms with van der Waals surface area (Å²) < 4.78 is 11.3. The third-order valence-corrected chi connectivity index (χ3v) is 6.65. The van der Waals surface area contributed by atoms with E-state index in [9.17, 15) is 19.5 Å². The Kier molecular flexibility index (Phi) is 9.16. The molecule has 12 heteroatoms. The largest absolute Gasteiger partial charge is 0.464 e. The lowest BCUT2D eigenvalue weighted by Gasteiger charge is -2.33. The number of aromatic nitrogens is 1. The maximum absolute atomic E-state index is 12.7. The van der Waals surface area contributed by atoms with Crippen LogP contribution in [0.5, 0.6) is 0 Å². The minimum absolute atomic E-state index is 0.0332. The van der Waals surface area contributed by atoms with Gasteiger partial charge in [-0.05, 0) is 88.0 Å². The van der Waals surface area contributed by atoms with Crippen LogP contribution in [0.2, 0.25) is 5.02 Å². The molecule has 0 atom stereocenters. The van der Waals surface area contributed by atoms with Crippen molar-refractivity contribution in [1.29, 1.82) is 0 Å². The van der Waals surface area contributed by atoms with Gasteiger partial charge in [0.1, 0.15) is 11.2 Å². The molecule has 1 aromatic carbocycles. The highest BCUT2D eigenvalue weighted by molar-refractivity contribution is 9.10. The van der Waals surface area contributed by atoms with Crippen LogP contribution in [0.25, 0.3) is 10.8 Å². The predicted molar refractivity (Wildman–Crippen MR) is 149 cm³/mol. The van der Waals surface area contributed by atoms with Crippen molar-refractivity contribution in [2.45, 2.75) is 78.2 Å². The quantitative estimate of drug-likeness (QED) is 0.398. The zero-order valence-corrected chi connectivity index (χ0v) is 24.8. The van der Waals surface area contributed by atoms with Crippen molar-refractivity contribution in [2.24, 2.45) is 0 Å². The van der Waals surface area contributed by atoms with Crippen LogP contribution in [-0.2, 0) is 16.0 Å². The van der Waals surface area contributed by atoms with Gasteiger partial charge in [0.15, 0.2) is 5.82 Å². The molecule has 2 heterocycles. The predicted octanol–water partition coefficient (Wildman–Crippen LogP) is 6.56. The highest BCUT2D eigenvalue weighted by Crippen LogP contribution is 2.35. The number of ether oxygens (including phenoxy) is 2. The minimum atomic E-state index is -1.52. The number of nitrogens with one attached hydrogen (secondary N) is 1. The number of piperidine rings is 1. The number of pyridine rings is 1. The van der Waals surface area contributed by atoms with Crippen LogP contribution < -0.4 is 10.2 Å². The van der Waals surface area contributed by atoms with Crippen molar-refractivity contribution < 1.29 is 29.0 Å². The molecule has 2 aromatic rings. The number of carbonyl (C=O) groups is 3. The zero-order valence-electron chi connectivity index (χ0n) is 22.4. The Morgan fingerprint density at radius 1 is 1.11 bits per heavy atom. The van der Waals surface area contributed by atoms with E-state index >= 15 is 0 Å². The van der Waals surface area contributed by atoms with Gasteiger partial charge in [0, 0.05) is 52.1 Å². The number of alkyl carbamates (subject to hydrolysis) is 1. The third-order valence-electron chi connectivity index (χ3n) is 5.67. The van der Waals surface area contributed by atoms with Crippen molar-refractivity contribution in [3.05, 3.63) is 33.4 Å². The van der Waals surface area contributed by atoms with Crippen LogP contribution in [0.15, 0.2) is 22.8 Å². The second kappa shape index (κ2) is 11.6. The number of hydrogen-bond acceptors (Lipinski definition) is 7. The number of fused-ring (bicyclic) bond motifs is 1. The molecule has 2 N–H and O–H groups in total. The van der Waals surface area contributed by atoms with Gasteiger partial charge in [0.05, 0.1) is 0 Å². The highest BCUT2D eigenvalue weighted by atomic mass is 79.9. The van der Waals surface area contributed by atoms with Crippen molar-refractivity contribution >= 4 is 62.4 Å². The molecular weight excluding hydrogens is 580 g/mol. The summed E-state index contributed by atoms with van der Waals surface area (Å²) in [7, 11) is 0. The first-order chi connectivity index (χ1) is 17.5. The Balaban J connectivity index is 1.79. The molecule has 3 rings (SSSR count). The van der Waals surface area contributed by atoms with Gasteiger partial charge in [0.25, 0.3) is 0 Å². The van der Waals surface area contributed by atoms with Gasteiger partial charge < -0.3 is 19.9 Å². The number of imide groups is 1. The van der Waals surface area contributed by atoms with E-state index in [2.05, 4.69) is 31.1 Å². The van der Waals surface area contributed by atoms with Crippen molar-refractivity contribution in [1.82, 2.24) is 15.2 Å². The highest BCUT2D eigenvalue weighted by Gasteiger charge is 2.32. The number of amides is 3. The van der Waals surface area contributed by atoms with Gasteiger partial charge >= 0.3 is 18.3 Å². The number of likely N-dealkylation sites (tertiary alicyclic amines) is 1. The van der Waals surface area contributed by atoms with Crippen molar-refractivity contribution in [3.63, 3.8) is 0 Å². The van der Waals surface area contributed by atoms with Crippen LogP contribution in [0.3, 0.4) is 0 Å². The number of benzene rings is 1. The van der Waals surface area contributed by atoms with Gasteiger partial charge in [-0.3, -0.25) is 4.90 Å². The summed E-state index contributed by atoms with van der Waals surface area (Å²) in [5.41, 5.74) is -0.596. The molecule has 1 saturated heterocycles. The number of carboxylic acid groups (broad SMARTS) is 1. The summed E-state index contributed by atoms with van der Waals surface area (Å²) in [6.07, 6.45) is 0.00747. The number of halogens is 2. The molecule has 38 heavy (non-hydrogen) atoms. The monoisotopic (exact) mass is 612 g/mol. The summed E-state index contributed by atoms with van der Waals surface area (Å²) >= 11 is 10.1. The van der Waals surface area contributed by atoms with Crippen LogP contribution in [0.1, 0.15) is 59.9 Å². The van der Waals surface area contributed by atoms with Gasteiger partial charge in [-0.25, -0.2) is 19.4 Å². The molecule has 0 spiro atoms. The Morgan fingerprint density at radius 2 is 1.71 bits per heavy atom. The van der Waals surface area contributed by atoms with Crippen molar-refractivity contribution in [2.75, 3.05) is 18.0 Å². The average Bonchev–Trinajstić information content (AvgIpc) is 2.75. The third kappa shape index (κ3) is 7.94. The topological polar surface area (TPSA) is 121 Å². The van der Waals surface area contributed by atoms with Gasteiger partial charge in [0.2, 0.25) is 0 Å². The fourth-order valence-corrected chi connectivity index (χ4v) is 4.72. The van der Waals surface area contributed by atoms with E-state index in [0.29, 0.717) is 31.7 Å². The molecule has 0 unspecified atom stereocenters. The maximum atomic E-state index is 12.7. The molecule has 1 aliphatic rings. The number of carbonyl (C=O) groups excluding carboxylic acids is 2. The summed E-state index contributed by atoms with van der Waals surface area (Å²) in [5, 5.41) is 14.2. The Bertz CT molecular complexity index is 1220. The van der Waals surface area contributed by atoms with E-state index in [1.54, 1.807) is 26.8 Å². The van der Waals surface area contributed by atoms with Crippen LogP contribution in [-0.4, -0.2) is 63.6 Å². The first kappa shape index (κ1) is 29.9. The average molecular weight is 614 g/mol. The standard InChI is InChI=1S/C26H34BrClN4O6/c1-25(2,3)37-22(33)30-16-7-9-31(10-8-16)14-15-11-17-18(12-20(15)28)21(29-13-19(17)27)32(23(34)35)24(36)38-26(4,5)6/h11-13,16H,7-10,14H2,1-6H3,(H,30,33)(H,34,35). The van der Waals surface area contributed by atoms with Gasteiger partial charge in [-0.1, -0.05) is 11.6 Å². The van der Waals surface area contributed by atoms with E-state index < -0.39 is 29.5 Å².